The van der Waals surface area contributed by atoms with E-state index in [1.807, 2.05) is 14.2 Å². The van der Waals surface area contributed by atoms with Crippen LogP contribution in [0.1, 0.15) is 25.7 Å². The molecular weight excluding hydrogens is 126 g/mol. The first-order chi connectivity index (χ1) is 4.83. The zero-order valence-corrected chi connectivity index (χ0v) is 6.94. The van der Waals surface area contributed by atoms with Crippen molar-refractivity contribution in [1.82, 2.24) is 5.32 Å². The van der Waals surface area contributed by atoms with Gasteiger partial charge in [-0.15, -0.1) is 0 Å². The lowest BCUT2D eigenvalue weighted by atomic mass is 9.77. The number of rotatable bonds is 4. The summed E-state index contributed by atoms with van der Waals surface area (Å²) in [6.45, 7) is 1.08. The van der Waals surface area contributed by atoms with E-state index in [4.69, 9.17) is 4.74 Å². The van der Waals surface area contributed by atoms with Gasteiger partial charge < -0.3 is 10.1 Å². The van der Waals surface area contributed by atoms with Crippen molar-refractivity contribution in [2.24, 2.45) is 0 Å². The van der Waals surface area contributed by atoms with Crippen LogP contribution in [0.4, 0.5) is 0 Å². The summed E-state index contributed by atoms with van der Waals surface area (Å²) in [5.41, 5.74) is 0.253. The van der Waals surface area contributed by atoms with E-state index in [2.05, 4.69) is 5.32 Å². The van der Waals surface area contributed by atoms with Crippen LogP contribution in [-0.4, -0.2) is 26.3 Å². The molecule has 2 nitrogen and oxygen atoms in total. The molecule has 0 atom stereocenters. The Morgan fingerprint density at radius 3 is 2.50 bits per heavy atom. The molecule has 0 aromatic carbocycles. The Kier molecular flexibility index (Phi) is 2.69. The van der Waals surface area contributed by atoms with Gasteiger partial charge >= 0.3 is 0 Å². The van der Waals surface area contributed by atoms with Crippen LogP contribution in [0.3, 0.4) is 0 Å². The lowest BCUT2D eigenvalue weighted by Gasteiger charge is -2.40. The molecule has 0 spiro atoms. The summed E-state index contributed by atoms with van der Waals surface area (Å²) in [5, 5.41) is 3.15. The second kappa shape index (κ2) is 3.35. The molecule has 0 bridgehead atoms. The van der Waals surface area contributed by atoms with E-state index in [1.54, 1.807) is 0 Å². The molecule has 1 N–H and O–H groups in total. The lowest BCUT2D eigenvalue weighted by molar-refractivity contribution is -0.0765. The highest BCUT2D eigenvalue weighted by atomic mass is 16.5. The summed E-state index contributed by atoms with van der Waals surface area (Å²) in [7, 11) is 3.82. The fourth-order valence-electron chi connectivity index (χ4n) is 1.48. The second-order valence-corrected chi connectivity index (χ2v) is 3.09. The molecular formula is C8H17NO. The third-order valence-corrected chi connectivity index (χ3v) is 2.53. The van der Waals surface area contributed by atoms with Gasteiger partial charge in [-0.05, 0) is 39.3 Å². The fourth-order valence-corrected chi connectivity index (χ4v) is 1.48. The Hall–Kier alpha value is -0.0800. The van der Waals surface area contributed by atoms with Gasteiger partial charge in [-0.1, -0.05) is 0 Å². The smallest absolute Gasteiger partial charge is 0.0690 e. The largest absolute Gasteiger partial charge is 0.378 e. The minimum absolute atomic E-state index is 0.253. The van der Waals surface area contributed by atoms with E-state index in [1.165, 1.54) is 25.7 Å². The quantitative estimate of drug-likeness (QED) is 0.637. The van der Waals surface area contributed by atoms with Gasteiger partial charge in [-0.3, -0.25) is 0 Å². The second-order valence-electron chi connectivity index (χ2n) is 3.09. The molecule has 60 valence electrons. The molecule has 0 heterocycles. The molecule has 0 amide bonds. The van der Waals surface area contributed by atoms with E-state index >= 15 is 0 Å². The summed E-state index contributed by atoms with van der Waals surface area (Å²) in [4.78, 5) is 0. The maximum absolute atomic E-state index is 5.44. The van der Waals surface area contributed by atoms with Crippen molar-refractivity contribution >= 4 is 0 Å². The van der Waals surface area contributed by atoms with Crippen molar-refractivity contribution in [2.75, 3.05) is 20.7 Å². The average Bonchev–Trinajstić information content (AvgIpc) is 1.87. The van der Waals surface area contributed by atoms with Crippen molar-refractivity contribution in [2.45, 2.75) is 31.3 Å². The molecule has 1 aliphatic carbocycles. The van der Waals surface area contributed by atoms with Crippen LogP contribution in [0.2, 0.25) is 0 Å². The van der Waals surface area contributed by atoms with Crippen LogP contribution < -0.4 is 5.32 Å². The molecule has 1 saturated carbocycles. The highest BCUT2D eigenvalue weighted by Gasteiger charge is 2.35. The summed E-state index contributed by atoms with van der Waals surface area (Å²) in [5.74, 6) is 0. The Morgan fingerprint density at radius 1 is 1.50 bits per heavy atom. The average molecular weight is 143 g/mol. The number of hydrogen-bond donors (Lipinski definition) is 1. The van der Waals surface area contributed by atoms with E-state index in [-0.39, 0.29) is 5.60 Å². The minimum Gasteiger partial charge on any atom is -0.378 e. The Morgan fingerprint density at radius 2 is 2.20 bits per heavy atom. The van der Waals surface area contributed by atoms with Crippen molar-refractivity contribution in [3.8, 4) is 0 Å². The maximum atomic E-state index is 5.44. The van der Waals surface area contributed by atoms with Crippen molar-refractivity contribution in [3.63, 3.8) is 0 Å². The predicted molar refractivity (Wildman–Crippen MR) is 42.1 cm³/mol. The van der Waals surface area contributed by atoms with Crippen molar-refractivity contribution < 1.29 is 4.74 Å². The number of ether oxygens (including phenoxy) is 1. The summed E-state index contributed by atoms with van der Waals surface area (Å²) < 4.78 is 5.44. The van der Waals surface area contributed by atoms with Gasteiger partial charge in [0.15, 0.2) is 0 Å². The van der Waals surface area contributed by atoms with Gasteiger partial charge in [0, 0.05) is 7.11 Å². The Labute approximate surface area is 63.0 Å². The van der Waals surface area contributed by atoms with E-state index < -0.39 is 0 Å². The van der Waals surface area contributed by atoms with Gasteiger partial charge in [-0.2, -0.15) is 0 Å². The fraction of sp³-hybridized carbons (Fsp3) is 1.00. The van der Waals surface area contributed by atoms with Crippen LogP contribution >= 0.6 is 0 Å². The molecule has 0 aromatic heterocycles. The third-order valence-electron chi connectivity index (χ3n) is 2.53. The van der Waals surface area contributed by atoms with Crippen LogP contribution in [0, 0.1) is 0 Å². The first-order valence-electron chi connectivity index (χ1n) is 4.03. The van der Waals surface area contributed by atoms with E-state index in [0.29, 0.717) is 0 Å². The lowest BCUT2D eigenvalue weighted by Crippen LogP contribution is -2.41. The molecule has 1 rings (SSSR count). The zero-order valence-electron chi connectivity index (χ0n) is 6.94. The highest BCUT2D eigenvalue weighted by Crippen LogP contribution is 2.37. The van der Waals surface area contributed by atoms with Crippen LogP contribution in [0.25, 0.3) is 0 Å². The normalized spacial score (nSPS) is 22.2. The van der Waals surface area contributed by atoms with Gasteiger partial charge in [-0.25, -0.2) is 0 Å². The van der Waals surface area contributed by atoms with Gasteiger partial charge in [0.05, 0.1) is 5.60 Å². The first kappa shape index (κ1) is 8.02. The molecule has 0 aromatic rings. The Balaban J connectivity index is 2.20. The van der Waals surface area contributed by atoms with Gasteiger partial charge in [0.25, 0.3) is 0 Å². The van der Waals surface area contributed by atoms with Crippen molar-refractivity contribution in [3.05, 3.63) is 0 Å². The standard InChI is InChI=1S/C8H17NO/c1-9-7-6-8(10-2)4-3-5-8/h9H,3-7H2,1-2H3. The minimum atomic E-state index is 0.253. The summed E-state index contributed by atoms with van der Waals surface area (Å²) in [6, 6.07) is 0. The SMILES string of the molecule is CNCCC1(OC)CCC1. The first-order valence-corrected chi connectivity index (χ1v) is 4.03. The highest BCUT2D eigenvalue weighted by molar-refractivity contribution is 4.89. The van der Waals surface area contributed by atoms with Crippen LogP contribution in [0.15, 0.2) is 0 Å². The number of hydrogen-bond acceptors (Lipinski definition) is 2. The monoisotopic (exact) mass is 143 g/mol. The molecule has 0 radical (unpaired) electrons. The predicted octanol–water partition coefficient (Wildman–Crippen LogP) is 1.16. The third kappa shape index (κ3) is 1.50. The molecule has 2 heteroatoms. The zero-order chi connectivity index (χ0) is 7.45. The maximum Gasteiger partial charge on any atom is 0.0690 e. The topological polar surface area (TPSA) is 21.3 Å². The molecule has 10 heavy (non-hydrogen) atoms. The molecule has 1 fully saturated rings. The number of nitrogens with one attached hydrogen (secondary N) is 1. The molecule has 1 aliphatic rings. The molecule has 0 unspecified atom stereocenters. The van der Waals surface area contributed by atoms with E-state index in [0.717, 1.165) is 6.54 Å². The molecule has 0 aliphatic heterocycles. The van der Waals surface area contributed by atoms with Crippen molar-refractivity contribution in [1.29, 1.82) is 0 Å². The summed E-state index contributed by atoms with van der Waals surface area (Å²) in [6.07, 6.45) is 5.02. The summed E-state index contributed by atoms with van der Waals surface area (Å²) >= 11 is 0. The molecule has 0 saturated heterocycles. The van der Waals surface area contributed by atoms with Crippen LogP contribution in [0.5, 0.6) is 0 Å². The van der Waals surface area contributed by atoms with Gasteiger partial charge in [0.2, 0.25) is 0 Å². The van der Waals surface area contributed by atoms with Gasteiger partial charge in [0.1, 0.15) is 0 Å². The van der Waals surface area contributed by atoms with Crippen LogP contribution in [-0.2, 0) is 4.74 Å². The van der Waals surface area contributed by atoms with E-state index in [9.17, 15) is 0 Å². The number of methoxy groups -OCH3 is 1. The Bertz CT molecular complexity index is 93.9.